The molecule has 0 aromatic rings. The maximum atomic E-state index is 10.6. The maximum Gasteiger partial charge on any atom is 0.303 e. The number of aliphatic hydroxyl groups excluding tert-OH is 2. The van der Waals surface area contributed by atoms with E-state index in [2.05, 4.69) is 31.8 Å². The summed E-state index contributed by atoms with van der Waals surface area (Å²) in [6.45, 7) is 4.33. The van der Waals surface area contributed by atoms with E-state index in [4.69, 9.17) is 5.11 Å². The van der Waals surface area contributed by atoms with Crippen LogP contribution in [0.3, 0.4) is 0 Å². The summed E-state index contributed by atoms with van der Waals surface area (Å²) in [5, 5.41) is 29.3. The third-order valence-corrected chi connectivity index (χ3v) is 5.97. The first-order chi connectivity index (χ1) is 12.4. The van der Waals surface area contributed by atoms with Gasteiger partial charge >= 0.3 is 5.97 Å². The van der Waals surface area contributed by atoms with Crippen LogP contribution < -0.4 is 0 Å². The summed E-state index contributed by atoms with van der Waals surface area (Å²) in [5.41, 5.74) is 1.34. The van der Waals surface area contributed by atoms with E-state index in [-0.39, 0.29) is 12.3 Å². The zero-order valence-corrected chi connectivity index (χ0v) is 16.2. The Morgan fingerprint density at radius 3 is 2.85 bits per heavy atom. The van der Waals surface area contributed by atoms with E-state index in [0.717, 1.165) is 25.7 Å². The summed E-state index contributed by atoms with van der Waals surface area (Å²) in [6, 6.07) is 0. The lowest BCUT2D eigenvalue weighted by molar-refractivity contribution is -0.136. The number of rotatable bonds is 8. The molecule has 2 aliphatic carbocycles. The predicted molar refractivity (Wildman–Crippen MR) is 102 cm³/mol. The van der Waals surface area contributed by atoms with Crippen molar-refractivity contribution in [2.75, 3.05) is 0 Å². The van der Waals surface area contributed by atoms with E-state index in [1.165, 1.54) is 18.4 Å². The van der Waals surface area contributed by atoms with Gasteiger partial charge in [-0.05, 0) is 49.9 Å². The molecule has 0 aromatic heterocycles. The largest absolute Gasteiger partial charge is 0.481 e. The van der Waals surface area contributed by atoms with Crippen molar-refractivity contribution in [3.05, 3.63) is 11.6 Å². The van der Waals surface area contributed by atoms with Crippen molar-refractivity contribution in [1.29, 1.82) is 0 Å². The Kier molecular flexibility index (Phi) is 8.18. The first kappa shape index (κ1) is 21.0. The fraction of sp³-hybridized carbons (Fsp3) is 0.773. The van der Waals surface area contributed by atoms with Gasteiger partial charge in [0.2, 0.25) is 0 Å². The number of carboxylic acids is 1. The Morgan fingerprint density at radius 2 is 2.15 bits per heavy atom. The van der Waals surface area contributed by atoms with Crippen LogP contribution in [0.2, 0.25) is 0 Å². The third-order valence-electron chi connectivity index (χ3n) is 5.97. The van der Waals surface area contributed by atoms with Gasteiger partial charge in [0.1, 0.15) is 6.10 Å². The number of carboxylic acid groups (broad SMARTS) is 1. The molecule has 0 aliphatic heterocycles. The summed E-state index contributed by atoms with van der Waals surface area (Å²) in [7, 11) is 0. The first-order valence-corrected chi connectivity index (χ1v) is 10.2. The van der Waals surface area contributed by atoms with Crippen LogP contribution in [0.15, 0.2) is 11.6 Å². The Labute approximate surface area is 157 Å². The molecule has 0 spiro atoms. The van der Waals surface area contributed by atoms with Gasteiger partial charge in [-0.3, -0.25) is 4.79 Å². The van der Waals surface area contributed by atoms with Gasteiger partial charge in [-0.1, -0.05) is 56.6 Å². The molecule has 2 fully saturated rings. The molecule has 3 N–H and O–H groups in total. The SMILES string of the molecule is CCCC[C@@H](C)CC(O)C#C[C@@H]1[C@H]2C/C(=C/CCC(=O)O)[C@H]2CC[C@H]1O. The number of carbonyl (C=O) groups is 1. The van der Waals surface area contributed by atoms with E-state index in [9.17, 15) is 15.0 Å². The van der Waals surface area contributed by atoms with Crippen molar-refractivity contribution < 1.29 is 20.1 Å². The second kappa shape index (κ2) is 10.1. The zero-order chi connectivity index (χ0) is 19.1. The Hall–Kier alpha value is -1.31. The summed E-state index contributed by atoms with van der Waals surface area (Å²) >= 11 is 0. The van der Waals surface area contributed by atoms with Crippen LogP contribution in [0.25, 0.3) is 0 Å². The van der Waals surface area contributed by atoms with Crippen LogP contribution in [-0.4, -0.2) is 33.5 Å². The van der Waals surface area contributed by atoms with E-state index >= 15 is 0 Å². The predicted octanol–water partition coefficient (Wildman–Crippen LogP) is 3.77. The fourth-order valence-electron chi connectivity index (χ4n) is 4.39. The van der Waals surface area contributed by atoms with Crippen LogP contribution in [-0.2, 0) is 4.79 Å². The average Bonchev–Trinajstić information content (AvgIpc) is 2.56. The van der Waals surface area contributed by atoms with Crippen molar-refractivity contribution in [3.63, 3.8) is 0 Å². The van der Waals surface area contributed by atoms with Crippen molar-refractivity contribution >= 4 is 5.97 Å². The number of hydrogen-bond acceptors (Lipinski definition) is 3. The topological polar surface area (TPSA) is 77.8 Å². The van der Waals surface area contributed by atoms with Crippen molar-refractivity contribution in [1.82, 2.24) is 0 Å². The number of allylic oxidation sites excluding steroid dienone is 2. The molecule has 146 valence electrons. The molecule has 4 heteroatoms. The lowest BCUT2D eigenvalue weighted by atomic mass is 9.57. The second-order valence-electron chi connectivity index (χ2n) is 8.14. The minimum atomic E-state index is -0.761. The molecular weight excluding hydrogens is 328 g/mol. The third kappa shape index (κ3) is 5.86. The van der Waals surface area contributed by atoms with E-state index in [1.54, 1.807) is 0 Å². The molecule has 0 heterocycles. The molecule has 2 saturated carbocycles. The number of hydrogen-bond donors (Lipinski definition) is 3. The molecule has 26 heavy (non-hydrogen) atoms. The highest BCUT2D eigenvalue weighted by atomic mass is 16.4. The normalized spacial score (nSPS) is 31.3. The van der Waals surface area contributed by atoms with Crippen LogP contribution in [0, 0.1) is 35.5 Å². The lowest BCUT2D eigenvalue weighted by Crippen LogP contribution is -2.44. The van der Waals surface area contributed by atoms with Crippen molar-refractivity contribution in [2.45, 2.75) is 83.8 Å². The molecule has 4 nitrogen and oxygen atoms in total. The quantitative estimate of drug-likeness (QED) is 0.454. The molecule has 0 saturated heterocycles. The Bertz CT molecular complexity index is 556. The van der Waals surface area contributed by atoms with Gasteiger partial charge in [-0.15, -0.1) is 0 Å². The van der Waals surface area contributed by atoms with Gasteiger partial charge in [0.15, 0.2) is 0 Å². The van der Waals surface area contributed by atoms with Gasteiger partial charge in [-0.2, -0.15) is 0 Å². The number of fused-ring (bicyclic) bond motifs is 1. The second-order valence-corrected chi connectivity index (χ2v) is 8.14. The monoisotopic (exact) mass is 362 g/mol. The molecule has 0 radical (unpaired) electrons. The summed E-state index contributed by atoms with van der Waals surface area (Å²) in [5.74, 6) is 6.62. The van der Waals surface area contributed by atoms with Gasteiger partial charge < -0.3 is 15.3 Å². The molecule has 0 aromatic carbocycles. The summed E-state index contributed by atoms with van der Waals surface area (Å²) in [6.07, 6.45) is 8.59. The lowest BCUT2D eigenvalue weighted by Gasteiger charge is -2.48. The standard InChI is InChI=1S/C22H34O4/c1-3-4-6-15(2)13-17(23)9-10-19-20-14-16(7-5-8-22(25)26)18(20)11-12-21(19)24/h7,15,17-21,23-24H,3-6,8,11-14H2,1-2H3,(H,25,26)/b16-7-/t15-,17?,18-,19-,20+,21-/m1/s1. The number of aliphatic carboxylic acids is 1. The number of aliphatic hydroxyl groups is 2. The van der Waals surface area contributed by atoms with E-state index < -0.39 is 18.2 Å². The van der Waals surface area contributed by atoms with E-state index in [1.807, 2.05) is 0 Å². The highest BCUT2D eigenvalue weighted by Crippen LogP contribution is 2.51. The van der Waals surface area contributed by atoms with Gasteiger partial charge in [0.25, 0.3) is 0 Å². The van der Waals surface area contributed by atoms with Gasteiger partial charge in [0, 0.05) is 6.42 Å². The highest BCUT2D eigenvalue weighted by molar-refractivity contribution is 5.66. The van der Waals surface area contributed by atoms with Crippen LogP contribution in [0.1, 0.15) is 71.6 Å². The first-order valence-electron chi connectivity index (χ1n) is 10.2. The van der Waals surface area contributed by atoms with Crippen LogP contribution >= 0.6 is 0 Å². The Morgan fingerprint density at radius 1 is 1.38 bits per heavy atom. The Balaban J connectivity index is 1.88. The summed E-state index contributed by atoms with van der Waals surface area (Å²) < 4.78 is 0. The van der Waals surface area contributed by atoms with Crippen LogP contribution in [0.4, 0.5) is 0 Å². The minimum absolute atomic E-state index is 0.0639. The molecule has 0 bridgehead atoms. The zero-order valence-electron chi connectivity index (χ0n) is 16.2. The smallest absolute Gasteiger partial charge is 0.303 e. The molecule has 0 amide bonds. The highest BCUT2D eigenvalue weighted by Gasteiger charge is 2.46. The number of unbranched alkanes of at least 4 members (excludes halogenated alkanes) is 1. The summed E-state index contributed by atoms with van der Waals surface area (Å²) in [4.78, 5) is 10.6. The molecular formula is C22H34O4. The van der Waals surface area contributed by atoms with Gasteiger partial charge in [0.05, 0.1) is 12.0 Å². The maximum absolute atomic E-state index is 10.6. The molecule has 2 aliphatic rings. The minimum Gasteiger partial charge on any atom is -0.481 e. The van der Waals surface area contributed by atoms with Gasteiger partial charge in [-0.25, -0.2) is 0 Å². The van der Waals surface area contributed by atoms with Crippen LogP contribution in [0.5, 0.6) is 0 Å². The van der Waals surface area contributed by atoms with Crippen molar-refractivity contribution in [2.24, 2.45) is 23.7 Å². The average molecular weight is 363 g/mol. The van der Waals surface area contributed by atoms with Crippen molar-refractivity contribution in [3.8, 4) is 11.8 Å². The molecule has 1 unspecified atom stereocenters. The fourth-order valence-corrected chi connectivity index (χ4v) is 4.39. The molecule has 2 rings (SSSR count). The van der Waals surface area contributed by atoms with E-state index in [0.29, 0.717) is 30.6 Å². The molecule has 6 atom stereocenters.